The smallest absolute Gasteiger partial charge is 0.282 e. The van der Waals surface area contributed by atoms with Crippen molar-refractivity contribution in [2.24, 2.45) is 0 Å². The Labute approximate surface area is 245 Å². The molecule has 11 heteroatoms. The van der Waals surface area contributed by atoms with Crippen molar-refractivity contribution in [3.05, 3.63) is 96.1 Å². The van der Waals surface area contributed by atoms with E-state index in [0.29, 0.717) is 34.8 Å². The van der Waals surface area contributed by atoms with Gasteiger partial charge >= 0.3 is 0 Å². The van der Waals surface area contributed by atoms with E-state index in [1.807, 2.05) is 18.2 Å². The van der Waals surface area contributed by atoms with Crippen molar-refractivity contribution in [3.8, 4) is 11.3 Å². The fraction of sp³-hybridized carbons (Fsp3) is 0.290. The molecule has 6 rings (SSSR count). The molecule has 1 saturated heterocycles. The maximum absolute atomic E-state index is 13.2. The van der Waals surface area contributed by atoms with Crippen LogP contribution in [0.4, 0.5) is 5.69 Å². The number of fused-ring (bicyclic) bond motifs is 1. The highest BCUT2D eigenvalue weighted by Gasteiger charge is 2.20. The maximum Gasteiger partial charge on any atom is 0.282 e. The van der Waals surface area contributed by atoms with Crippen LogP contribution in [0.25, 0.3) is 16.9 Å². The van der Waals surface area contributed by atoms with Crippen LogP contribution in [0.1, 0.15) is 43.1 Å². The third-order valence-corrected chi connectivity index (χ3v) is 9.06. The summed E-state index contributed by atoms with van der Waals surface area (Å²) in [6.07, 6.45) is 8.49. The van der Waals surface area contributed by atoms with Crippen molar-refractivity contribution in [2.45, 2.75) is 43.9 Å². The van der Waals surface area contributed by atoms with Gasteiger partial charge in [0.25, 0.3) is 10.0 Å². The molecule has 0 aliphatic carbocycles. The Balaban J connectivity index is 1.16. The lowest BCUT2D eigenvalue weighted by molar-refractivity contribution is -0.114. The minimum Gasteiger partial charge on any atom is -0.326 e. The zero-order chi connectivity index (χ0) is 29.1. The number of aromatic nitrogens is 5. The van der Waals surface area contributed by atoms with Crippen molar-refractivity contribution in [3.63, 3.8) is 0 Å². The number of aryl methyl sites for hydroxylation is 1. The molecular formula is C31H33N7O3S. The van der Waals surface area contributed by atoms with Crippen LogP contribution in [0.5, 0.6) is 0 Å². The van der Waals surface area contributed by atoms with Gasteiger partial charge in [0.2, 0.25) is 5.91 Å². The molecule has 3 aromatic heterocycles. The van der Waals surface area contributed by atoms with Gasteiger partial charge < -0.3 is 10.2 Å². The molecule has 0 saturated carbocycles. The number of carbonyl (C=O) groups is 1. The van der Waals surface area contributed by atoms with E-state index in [9.17, 15) is 13.2 Å². The third kappa shape index (κ3) is 6.12. The average molecular weight is 584 g/mol. The number of rotatable bonds is 10. The molecule has 216 valence electrons. The Morgan fingerprint density at radius 1 is 0.952 bits per heavy atom. The van der Waals surface area contributed by atoms with Crippen LogP contribution in [-0.2, 0) is 27.7 Å². The molecule has 1 fully saturated rings. The van der Waals surface area contributed by atoms with Gasteiger partial charge in [-0.15, -0.1) is 0 Å². The number of carbonyl (C=O) groups excluding carboxylic acids is 1. The van der Waals surface area contributed by atoms with E-state index in [-0.39, 0.29) is 10.8 Å². The quantitative estimate of drug-likeness (QED) is 0.259. The largest absolute Gasteiger partial charge is 0.326 e. The summed E-state index contributed by atoms with van der Waals surface area (Å²) in [7, 11) is -3.93. The van der Waals surface area contributed by atoms with Gasteiger partial charge in [-0.2, -0.15) is 22.7 Å². The highest BCUT2D eigenvalue weighted by molar-refractivity contribution is 7.89. The lowest BCUT2D eigenvalue weighted by Gasteiger charge is -2.13. The first-order valence-corrected chi connectivity index (χ1v) is 15.6. The van der Waals surface area contributed by atoms with Gasteiger partial charge in [-0.25, -0.2) is 9.50 Å². The molecular weight excluding hydrogens is 550 g/mol. The van der Waals surface area contributed by atoms with E-state index in [0.717, 1.165) is 16.1 Å². The number of hydrogen-bond acceptors (Lipinski definition) is 7. The normalized spacial score (nSPS) is 14.0. The molecule has 1 N–H and O–H groups in total. The summed E-state index contributed by atoms with van der Waals surface area (Å²) < 4.78 is 29.1. The fourth-order valence-corrected chi connectivity index (χ4v) is 6.47. The molecule has 1 aliphatic heterocycles. The van der Waals surface area contributed by atoms with E-state index in [1.165, 1.54) is 75.9 Å². The molecule has 4 heterocycles. The molecule has 0 unspecified atom stereocenters. The summed E-state index contributed by atoms with van der Waals surface area (Å²) >= 11 is 0. The van der Waals surface area contributed by atoms with Crippen molar-refractivity contribution in [1.29, 1.82) is 0 Å². The van der Waals surface area contributed by atoms with Crippen LogP contribution < -0.4 is 5.32 Å². The van der Waals surface area contributed by atoms with Crippen LogP contribution in [0.15, 0.2) is 84.0 Å². The number of anilines is 1. The summed E-state index contributed by atoms with van der Waals surface area (Å²) in [6.45, 7) is 5.05. The monoisotopic (exact) mass is 583 g/mol. The summed E-state index contributed by atoms with van der Waals surface area (Å²) in [5.41, 5.74) is 4.94. The minimum atomic E-state index is -3.93. The van der Waals surface area contributed by atoms with Gasteiger partial charge in [-0.1, -0.05) is 30.3 Å². The van der Waals surface area contributed by atoms with Crippen LogP contribution in [0, 0.1) is 0 Å². The molecule has 0 radical (unpaired) electrons. The standard InChI is InChI=1S/C31H33N7O3S/c1-23(39)33-27-13-15-28(16-14-27)42(40,41)37-22-26(21-32-37)29-7-4-8-31-34-30(35-38(29)31)20-25-11-9-24(10-12-25)6-5-19-36-17-2-3-18-36/h4,7-16,21-22H,2-3,5-6,17-20H2,1H3,(H,33,39). The summed E-state index contributed by atoms with van der Waals surface area (Å²) in [6, 6.07) is 20.3. The second-order valence-electron chi connectivity index (χ2n) is 10.7. The Morgan fingerprint density at radius 3 is 2.43 bits per heavy atom. The molecule has 0 atom stereocenters. The Morgan fingerprint density at radius 2 is 1.69 bits per heavy atom. The number of nitrogens with one attached hydrogen (secondary N) is 1. The minimum absolute atomic E-state index is 0.0603. The van der Waals surface area contributed by atoms with Gasteiger partial charge in [0.1, 0.15) is 0 Å². The van der Waals surface area contributed by atoms with E-state index in [2.05, 4.69) is 39.6 Å². The first kappa shape index (κ1) is 27.8. The zero-order valence-corrected chi connectivity index (χ0v) is 24.3. The Bertz CT molecular complexity index is 1800. The molecule has 0 bridgehead atoms. The molecule has 42 heavy (non-hydrogen) atoms. The first-order chi connectivity index (χ1) is 20.3. The highest BCUT2D eigenvalue weighted by atomic mass is 32.2. The lowest BCUT2D eigenvalue weighted by atomic mass is 10.1. The topological polar surface area (TPSA) is 114 Å². The molecule has 1 amide bonds. The second-order valence-corrected chi connectivity index (χ2v) is 12.5. The average Bonchev–Trinajstić information content (AvgIpc) is 3.75. The zero-order valence-electron chi connectivity index (χ0n) is 23.5. The first-order valence-electron chi connectivity index (χ1n) is 14.2. The van der Waals surface area contributed by atoms with E-state index in [1.54, 1.807) is 16.6 Å². The predicted molar refractivity (Wildman–Crippen MR) is 161 cm³/mol. The second kappa shape index (κ2) is 11.9. The molecule has 0 spiro atoms. The van der Waals surface area contributed by atoms with Gasteiger partial charge in [-0.05, 0) is 92.8 Å². The maximum atomic E-state index is 13.2. The van der Waals surface area contributed by atoms with E-state index >= 15 is 0 Å². The fourth-order valence-electron chi connectivity index (χ4n) is 5.35. The van der Waals surface area contributed by atoms with E-state index in [4.69, 9.17) is 10.1 Å². The van der Waals surface area contributed by atoms with Crippen LogP contribution >= 0.6 is 0 Å². The van der Waals surface area contributed by atoms with Crippen molar-refractivity contribution >= 4 is 27.3 Å². The number of amides is 1. The van der Waals surface area contributed by atoms with Gasteiger partial charge in [0.15, 0.2) is 11.5 Å². The number of likely N-dealkylation sites (tertiary alicyclic amines) is 1. The predicted octanol–water partition coefficient (Wildman–Crippen LogP) is 4.41. The molecule has 2 aromatic carbocycles. The Hall–Kier alpha value is -4.35. The summed E-state index contributed by atoms with van der Waals surface area (Å²) in [4.78, 5) is 18.6. The third-order valence-electron chi connectivity index (χ3n) is 7.50. The Kier molecular flexibility index (Phi) is 7.86. The SMILES string of the molecule is CC(=O)Nc1ccc(S(=O)(=O)n2cc(-c3cccc4nc(Cc5ccc(CCCN6CCCC6)cc5)nn34)cn2)cc1. The molecule has 5 aromatic rings. The molecule has 1 aliphatic rings. The number of pyridine rings is 1. The summed E-state index contributed by atoms with van der Waals surface area (Å²) in [5.74, 6) is 0.452. The van der Waals surface area contributed by atoms with Gasteiger partial charge in [-0.3, -0.25) is 4.79 Å². The number of hydrogen-bond donors (Lipinski definition) is 1. The summed E-state index contributed by atoms with van der Waals surface area (Å²) in [5, 5.41) is 11.5. The van der Waals surface area contributed by atoms with Crippen LogP contribution in [0.2, 0.25) is 0 Å². The number of benzene rings is 2. The van der Waals surface area contributed by atoms with Crippen LogP contribution in [0.3, 0.4) is 0 Å². The lowest BCUT2D eigenvalue weighted by Crippen LogP contribution is -2.20. The number of nitrogens with zero attached hydrogens (tertiary/aromatic N) is 6. The van der Waals surface area contributed by atoms with E-state index < -0.39 is 10.0 Å². The highest BCUT2D eigenvalue weighted by Crippen LogP contribution is 2.23. The van der Waals surface area contributed by atoms with Crippen molar-refractivity contribution < 1.29 is 13.2 Å². The van der Waals surface area contributed by atoms with Gasteiger partial charge in [0, 0.05) is 24.6 Å². The van der Waals surface area contributed by atoms with Crippen LogP contribution in [-0.4, -0.2) is 62.6 Å². The van der Waals surface area contributed by atoms with Crippen molar-refractivity contribution in [1.82, 2.24) is 28.7 Å². The van der Waals surface area contributed by atoms with Gasteiger partial charge in [0.05, 0.1) is 23.0 Å². The molecule has 10 nitrogen and oxygen atoms in total. The van der Waals surface area contributed by atoms with Crippen molar-refractivity contribution in [2.75, 3.05) is 25.0 Å².